The molecule has 0 amide bonds. The van der Waals surface area contributed by atoms with Gasteiger partial charge in [0.05, 0.1) is 12.2 Å². The van der Waals surface area contributed by atoms with Gasteiger partial charge in [-0.1, -0.05) is 11.3 Å². The van der Waals surface area contributed by atoms with Crippen molar-refractivity contribution in [3.63, 3.8) is 0 Å². The van der Waals surface area contributed by atoms with E-state index in [0.717, 1.165) is 11.3 Å². The summed E-state index contributed by atoms with van der Waals surface area (Å²) in [5, 5.41) is 18.8. The number of hydrogen-bond donors (Lipinski definition) is 3. The Morgan fingerprint density at radius 1 is 1.62 bits per heavy atom. The van der Waals surface area contributed by atoms with Crippen LogP contribution in [0.15, 0.2) is 12.5 Å². The van der Waals surface area contributed by atoms with Crippen LogP contribution >= 0.6 is 11.3 Å². The minimum Gasteiger partial charge on any atom is -0.477 e. The number of aromatic amines is 1. The van der Waals surface area contributed by atoms with Gasteiger partial charge in [-0.15, -0.1) is 0 Å². The number of nitrogens with zero attached hydrogens (tertiary/aromatic N) is 3. The van der Waals surface area contributed by atoms with Crippen LogP contribution in [0.1, 0.15) is 28.5 Å². The topological polar surface area (TPSA) is 104 Å². The molecule has 0 saturated heterocycles. The standard InChI is InChI=1S/C8H9N5O2S/c1-4(6-10-3-11-13-6)12-8-9-2-5(16-8)7(14)15/h2-4H,1H3,(H,9,12)(H,14,15)(H,10,11,13). The maximum Gasteiger partial charge on any atom is 0.347 e. The molecule has 3 N–H and O–H groups in total. The highest BCUT2D eigenvalue weighted by molar-refractivity contribution is 7.17. The van der Waals surface area contributed by atoms with Crippen molar-refractivity contribution in [1.82, 2.24) is 20.2 Å². The molecule has 2 aromatic rings. The molecule has 0 bridgehead atoms. The van der Waals surface area contributed by atoms with Crippen molar-refractivity contribution in [3.8, 4) is 0 Å². The van der Waals surface area contributed by atoms with Crippen LogP contribution in [0.3, 0.4) is 0 Å². The van der Waals surface area contributed by atoms with Gasteiger partial charge in [-0.3, -0.25) is 5.10 Å². The number of thiazole rings is 1. The normalized spacial score (nSPS) is 12.3. The summed E-state index contributed by atoms with van der Waals surface area (Å²) < 4.78 is 0. The van der Waals surface area contributed by atoms with Gasteiger partial charge in [0.15, 0.2) is 5.13 Å². The Hall–Kier alpha value is -1.96. The molecule has 1 unspecified atom stereocenters. The average Bonchev–Trinajstić information content (AvgIpc) is 2.87. The minimum absolute atomic E-state index is 0.102. The van der Waals surface area contributed by atoms with Crippen LogP contribution in [0.5, 0.6) is 0 Å². The Kier molecular flexibility index (Phi) is 2.82. The quantitative estimate of drug-likeness (QED) is 0.739. The van der Waals surface area contributed by atoms with Gasteiger partial charge in [-0.2, -0.15) is 5.10 Å². The molecular weight excluding hydrogens is 230 g/mol. The Morgan fingerprint density at radius 2 is 2.44 bits per heavy atom. The van der Waals surface area contributed by atoms with Gasteiger partial charge < -0.3 is 10.4 Å². The lowest BCUT2D eigenvalue weighted by atomic mass is 10.3. The summed E-state index contributed by atoms with van der Waals surface area (Å²) >= 11 is 1.08. The highest BCUT2D eigenvalue weighted by atomic mass is 32.1. The highest BCUT2D eigenvalue weighted by Crippen LogP contribution is 2.21. The largest absolute Gasteiger partial charge is 0.477 e. The molecule has 2 aromatic heterocycles. The van der Waals surface area contributed by atoms with Crippen LogP contribution in [0.2, 0.25) is 0 Å². The first kappa shape index (κ1) is 10.6. The predicted octanol–water partition coefficient (Wildman–Crippen LogP) is 1.13. The smallest absolute Gasteiger partial charge is 0.347 e. The summed E-state index contributed by atoms with van der Waals surface area (Å²) in [5.74, 6) is -0.301. The van der Waals surface area contributed by atoms with E-state index in [9.17, 15) is 4.79 Å². The second-order valence-corrected chi connectivity index (χ2v) is 4.10. The molecule has 2 rings (SSSR count). The molecule has 1 atom stereocenters. The number of hydrogen-bond acceptors (Lipinski definition) is 6. The van der Waals surface area contributed by atoms with Crippen LogP contribution in [-0.4, -0.2) is 31.2 Å². The second-order valence-electron chi connectivity index (χ2n) is 3.07. The van der Waals surface area contributed by atoms with Crippen molar-refractivity contribution in [3.05, 3.63) is 23.2 Å². The predicted molar refractivity (Wildman–Crippen MR) is 57.5 cm³/mol. The third kappa shape index (κ3) is 2.16. The lowest BCUT2D eigenvalue weighted by Gasteiger charge is -2.08. The Morgan fingerprint density at radius 3 is 3.00 bits per heavy atom. The number of rotatable bonds is 4. The number of carbonyl (C=O) groups is 1. The zero-order valence-electron chi connectivity index (χ0n) is 8.34. The van der Waals surface area contributed by atoms with Gasteiger partial charge in [-0.05, 0) is 6.92 Å². The van der Waals surface area contributed by atoms with E-state index in [0.29, 0.717) is 11.0 Å². The van der Waals surface area contributed by atoms with Crippen molar-refractivity contribution >= 4 is 22.4 Å². The van der Waals surface area contributed by atoms with Gasteiger partial charge >= 0.3 is 5.97 Å². The number of carboxylic acids is 1. The van der Waals surface area contributed by atoms with Crippen molar-refractivity contribution in [1.29, 1.82) is 0 Å². The fraction of sp³-hybridized carbons (Fsp3) is 0.250. The summed E-state index contributed by atoms with van der Waals surface area (Å²) in [7, 11) is 0. The number of nitrogens with one attached hydrogen (secondary N) is 2. The lowest BCUT2D eigenvalue weighted by molar-refractivity contribution is 0.0702. The lowest BCUT2D eigenvalue weighted by Crippen LogP contribution is -2.07. The molecule has 2 heterocycles. The number of carboxylic acid groups (broad SMARTS) is 1. The monoisotopic (exact) mass is 239 g/mol. The summed E-state index contributed by atoms with van der Waals surface area (Å²) in [6.07, 6.45) is 2.74. The van der Waals surface area contributed by atoms with E-state index < -0.39 is 5.97 Å². The molecule has 7 nitrogen and oxygen atoms in total. The van der Waals surface area contributed by atoms with Crippen LogP contribution < -0.4 is 5.32 Å². The maximum absolute atomic E-state index is 10.6. The molecular formula is C8H9N5O2S. The van der Waals surface area contributed by atoms with E-state index in [4.69, 9.17) is 5.11 Å². The second kappa shape index (κ2) is 4.27. The first-order chi connectivity index (χ1) is 7.66. The van der Waals surface area contributed by atoms with Gasteiger partial charge in [0.2, 0.25) is 0 Å². The van der Waals surface area contributed by atoms with Gasteiger partial charge in [0.1, 0.15) is 17.0 Å². The number of aromatic nitrogens is 4. The summed E-state index contributed by atoms with van der Waals surface area (Å²) in [6, 6.07) is -0.102. The molecule has 0 aliphatic carbocycles. The molecule has 0 aliphatic heterocycles. The molecule has 0 aliphatic rings. The SMILES string of the molecule is CC(Nc1ncc(C(=O)O)s1)c1ncn[nH]1. The van der Waals surface area contributed by atoms with Crippen molar-refractivity contribution in [2.75, 3.05) is 5.32 Å². The Bertz CT molecular complexity index is 480. The summed E-state index contributed by atoms with van der Waals surface area (Å²) in [4.78, 5) is 18.8. The summed E-state index contributed by atoms with van der Waals surface area (Å²) in [6.45, 7) is 1.88. The fourth-order valence-corrected chi connectivity index (χ4v) is 1.86. The molecule has 16 heavy (non-hydrogen) atoms. The van der Waals surface area contributed by atoms with Crippen LogP contribution in [0, 0.1) is 0 Å². The van der Waals surface area contributed by atoms with Gasteiger partial charge in [-0.25, -0.2) is 14.8 Å². The summed E-state index contributed by atoms with van der Waals surface area (Å²) in [5.41, 5.74) is 0. The number of aromatic carboxylic acids is 1. The molecule has 8 heteroatoms. The maximum atomic E-state index is 10.6. The molecule has 0 saturated carbocycles. The molecule has 0 spiro atoms. The number of anilines is 1. The zero-order chi connectivity index (χ0) is 11.5. The van der Waals surface area contributed by atoms with E-state index in [-0.39, 0.29) is 10.9 Å². The average molecular weight is 239 g/mol. The molecule has 84 valence electrons. The third-order valence-electron chi connectivity index (χ3n) is 1.90. The van der Waals surface area contributed by atoms with Crippen LogP contribution in [0.4, 0.5) is 5.13 Å². The Balaban J connectivity index is 2.06. The zero-order valence-corrected chi connectivity index (χ0v) is 9.15. The van der Waals surface area contributed by atoms with Gasteiger partial charge in [0.25, 0.3) is 0 Å². The first-order valence-corrected chi connectivity index (χ1v) is 5.29. The molecule has 0 fully saturated rings. The van der Waals surface area contributed by atoms with E-state index >= 15 is 0 Å². The van der Waals surface area contributed by atoms with Crippen LogP contribution in [0.25, 0.3) is 0 Å². The van der Waals surface area contributed by atoms with Crippen molar-refractivity contribution < 1.29 is 9.90 Å². The van der Waals surface area contributed by atoms with E-state index in [1.165, 1.54) is 12.5 Å². The third-order valence-corrected chi connectivity index (χ3v) is 2.82. The van der Waals surface area contributed by atoms with E-state index in [1.807, 2.05) is 6.92 Å². The number of H-pyrrole nitrogens is 1. The van der Waals surface area contributed by atoms with Gasteiger partial charge in [0, 0.05) is 0 Å². The Labute approximate surface area is 94.6 Å². The molecule has 0 aromatic carbocycles. The highest BCUT2D eigenvalue weighted by Gasteiger charge is 2.12. The van der Waals surface area contributed by atoms with E-state index in [2.05, 4.69) is 25.5 Å². The van der Waals surface area contributed by atoms with Crippen molar-refractivity contribution in [2.45, 2.75) is 13.0 Å². The van der Waals surface area contributed by atoms with Crippen LogP contribution in [-0.2, 0) is 0 Å². The minimum atomic E-state index is -0.974. The van der Waals surface area contributed by atoms with E-state index in [1.54, 1.807) is 0 Å². The fourth-order valence-electron chi connectivity index (χ4n) is 1.12. The first-order valence-electron chi connectivity index (χ1n) is 4.47. The molecule has 0 radical (unpaired) electrons. The van der Waals surface area contributed by atoms with Crippen molar-refractivity contribution in [2.24, 2.45) is 0 Å².